The molecule has 0 bridgehead atoms. The van der Waals surface area contributed by atoms with Crippen molar-refractivity contribution in [3.05, 3.63) is 23.4 Å². The molecule has 0 amide bonds. The van der Waals surface area contributed by atoms with Crippen LogP contribution in [-0.2, 0) is 0 Å². The molecule has 2 unspecified atom stereocenters. The third kappa shape index (κ3) is 6.02. The molecule has 1 aliphatic rings. The van der Waals surface area contributed by atoms with E-state index in [1.165, 1.54) is 0 Å². The van der Waals surface area contributed by atoms with Gasteiger partial charge >= 0.3 is 0 Å². The largest absolute Gasteiger partial charge is 0.355 e. The minimum Gasteiger partial charge on any atom is -0.355 e. The number of aliphatic imine (C=N–C) groups is 1. The maximum Gasteiger partial charge on any atom is 0.191 e. The fraction of sp³-hybridized carbons (Fsp3) is 0.684. The maximum absolute atomic E-state index is 6.28. The van der Waals surface area contributed by atoms with Crippen LogP contribution in [0.1, 0.15) is 26.7 Å². The molecule has 0 saturated carbocycles. The van der Waals surface area contributed by atoms with Crippen LogP contribution in [0, 0.1) is 5.92 Å². The van der Waals surface area contributed by atoms with E-state index in [9.17, 15) is 0 Å². The highest BCUT2D eigenvalue weighted by atomic mass is 35.5. The van der Waals surface area contributed by atoms with Gasteiger partial charge in [0.15, 0.2) is 5.96 Å². The number of aromatic nitrogens is 1. The molecule has 1 fully saturated rings. The molecule has 2 heterocycles. The number of pyridine rings is 1. The van der Waals surface area contributed by atoms with Crippen molar-refractivity contribution >= 4 is 23.4 Å². The van der Waals surface area contributed by atoms with Gasteiger partial charge in [0.1, 0.15) is 5.82 Å². The van der Waals surface area contributed by atoms with Gasteiger partial charge in [-0.25, -0.2) is 4.98 Å². The summed E-state index contributed by atoms with van der Waals surface area (Å²) in [6.07, 6.45) is 3.99. The Hall–Kier alpha value is -1.53. The molecular formula is C19H33ClN6. The van der Waals surface area contributed by atoms with E-state index in [4.69, 9.17) is 11.6 Å². The summed E-state index contributed by atoms with van der Waals surface area (Å²) in [6.45, 7) is 7.23. The lowest BCUT2D eigenvalue weighted by Crippen LogP contribution is -2.49. The third-order valence-corrected chi connectivity index (χ3v) is 5.07. The molecule has 1 aromatic rings. The third-order valence-electron chi connectivity index (χ3n) is 4.77. The van der Waals surface area contributed by atoms with Crippen LogP contribution in [-0.4, -0.2) is 68.7 Å². The SMILES string of the molecule is CN=C(NCC(CC(C)C)N(C)C)NC1CCN(c2ncccc2Cl)C1. The van der Waals surface area contributed by atoms with E-state index in [1.54, 1.807) is 6.20 Å². The summed E-state index contributed by atoms with van der Waals surface area (Å²) in [5.74, 6) is 2.40. The van der Waals surface area contributed by atoms with E-state index in [-0.39, 0.29) is 0 Å². The van der Waals surface area contributed by atoms with Crippen LogP contribution in [0.4, 0.5) is 5.82 Å². The van der Waals surface area contributed by atoms with Crippen molar-refractivity contribution in [2.45, 2.75) is 38.8 Å². The van der Waals surface area contributed by atoms with Crippen LogP contribution in [0.5, 0.6) is 0 Å². The summed E-state index contributed by atoms with van der Waals surface area (Å²) in [6, 6.07) is 4.58. The zero-order valence-electron chi connectivity index (χ0n) is 16.7. The normalized spacial score (nSPS) is 19.3. The van der Waals surface area contributed by atoms with Crippen molar-refractivity contribution in [2.75, 3.05) is 45.7 Å². The maximum atomic E-state index is 6.28. The zero-order valence-corrected chi connectivity index (χ0v) is 17.4. The lowest BCUT2D eigenvalue weighted by molar-refractivity contribution is 0.254. The van der Waals surface area contributed by atoms with Crippen molar-refractivity contribution in [3.8, 4) is 0 Å². The Kier molecular flexibility index (Phi) is 7.97. The number of likely N-dealkylation sites (N-methyl/N-ethyl adjacent to an activating group) is 1. The van der Waals surface area contributed by atoms with Crippen LogP contribution in [0.3, 0.4) is 0 Å². The van der Waals surface area contributed by atoms with Gasteiger partial charge in [0, 0.05) is 45.0 Å². The Balaban J connectivity index is 1.86. The summed E-state index contributed by atoms with van der Waals surface area (Å²) in [7, 11) is 6.09. The Morgan fingerprint density at radius 2 is 2.23 bits per heavy atom. The Bertz CT molecular complexity index is 589. The average Bonchev–Trinajstić information content (AvgIpc) is 3.05. The molecule has 146 valence electrons. The van der Waals surface area contributed by atoms with Crippen molar-refractivity contribution in [1.29, 1.82) is 0 Å². The quantitative estimate of drug-likeness (QED) is 0.562. The summed E-state index contributed by atoms with van der Waals surface area (Å²) in [4.78, 5) is 13.3. The van der Waals surface area contributed by atoms with Crippen molar-refractivity contribution in [3.63, 3.8) is 0 Å². The van der Waals surface area contributed by atoms with Gasteiger partial charge in [-0.05, 0) is 45.0 Å². The van der Waals surface area contributed by atoms with Gasteiger partial charge in [0.2, 0.25) is 0 Å². The molecule has 26 heavy (non-hydrogen) atoms. The minimum atomic E-state index is 0.335. The highest BCUT2D eigenvalue weighted by molar-refractivity contribution is 6.32. The molecular weight excluding hydrogens is 348 g/mol. The molecule has 2 N–H and O–H groups in total. The topological polar surface area (TPSA) is 55.8 Å². The Morgan fingerprint density at radius 1 is 1.46 bits per heavy atom. The first kappa shape index (κ1) is 20.8. The molecule has 1 saturated heterocycles. The van der Waals surface area contributed by atoms with E-state index < -0.39 is 0 Å². The van der Waals surface area contributed by atoms with E-state index in [1.807, 2.05) is 19.2 Å². The standard InChI is InChI=1S/C19H33ClN6/c1-14(2)11-16(25(4)5)12-23-19(21-3)24-15-8-10-26(13-15)18-17(20)7-6-9-22-18/h6-7,9,14-16H,8,10-13H2,1-5H3,(H2,21,23,24). The molecule has 0 spiro atoms. The molecule has 0 aromatic carbocycles. The second-order valence-corrected chi connectivity index (χ2v) is 7.99. The summed E-state index contributed by atoms with van der Waals surface area (Å²) < 4.78 is 0. The molecule has 6 nitrogen and oxygen atoms in total. The molecule has 2 atom stereocenters. The first-order valence-corrected chi connectivity index (χ1v) is 9.77. The van der Waals surface area contributed by atoms with Crippen LogP contribution >= 0.6 is 11.6 Å². The van der Waals surface area contributed by atoms with E-state index in [0.717, 1.165) is 44.3 Å². The Morgan fingerprint density at radius 3 is 2.85 bits per heavy atom. The predicted octanol–water partition coefficient (Wildman–Crippen LogP) is 2.46. The van der Waals surface area contributed by atoms with Gasteiger partial charge < -0.3 is 20.4 Å². The van der Waals surface area contributed by atoms with Gasteiger partial charge in [0.05, 0.1) is 5.02 Å². The van der Waals surface area contributed by atoms with Crippen LogP contribution in [0.2, 0.25) is 5.02 Å². The first-order chi connectivity index (χ1) is 12.4. The van der Waals surface area contributed by atoms with Gasteiger partial charge in [0.25, 0.3) is 0 Å². The number of hydrogen-bond donors (Lipinski definition) is 2. The monoisotopic (exact) mass is 380 g/mol. The van der Waals surface area contributed by atoms with Crippen molar-refractivity contribution < 1.29 is 0 Å². The summed E-state index contributed by atoms with van der Waals surface area (Å²) in [5.41, 5.74) is 0. The minimum absolute atomic E-state index is 0.335. The fourth-order valence-electron chi connectivity index (χ4n) is 3.30. The molecule has 0 radical (unpaired) electrons. The number of rotatable bonds is 7. The van der Waals surface area contributed by atoms with Gasteiger partial charge in [-0.2, -0.15) is 0 Å². The van der Waals surface area contributed by atoms with Crippen LogP contribution in [0.15, 0.2) is 23.3 Å². The lowest BCUT2D eigenvalue weighted by Gasteiger charge is -2.27. The van der Waals surface area contributed by atoms with Crippen LogP contribution < -0.4 is 15.5 Å². The van der Waals surface area contributed by atoms with Gasteiger partial charge in [-0.15, -0.1) is 0 Å². The number of nitrogens with one attached hydrogen (secondary N) is 2. The number of guanidine groups is 1. The molecule has 7 heteroatoms. The second kappa shape index (κ2) is 9.97. The van der Waals surface area contributed by atoms with Crippen molar-refractivity contribution in [1.82, 2.24) is 20.5 Å². The number of halogens is 1. The number of anilines is 1. The van der Waals surface area contributed by atoms with E-state index >= 15 is 0 Å². The zero-order chi connectivity index (χ0) is 19.1. The smallest absolute Gasteiger partial charge is 0.191 e. The predicted molar refractivity (Wildman–Crippen MR) is 111 cm³/mol. The number of hydrogen-bond acceptors (Lipinski definition) is 4. The molecule has 0 aliphatic carbocycles. The highest BCUT2D eigenvalue weighted by Crippen LogP contribution is 2.25. The van der Waals surface area contributed by atoms with E-state index in [2.05, 4.69) is 58.4 Å². The summed E-state index contributed by atoms with van der Waals surface area (Å²) in [5, 5.41) is 7.73. The molecule has 1 aliphatic heterocycles. The summed E-state index contributed by atoms with van der Waals surface area (Å²) >= 11 is 6.28. The molecule has 1 aromatic heterocycles. The first-order valence-electron chi connectivity index (χ1n) is 9.39. The molecule has 2 rings (SSSR count). The van der Waals surface area contributed by atoms with Crippen molar-refractivity contribution in [2.24, 2.45) is 10.9 Å². The Labute approximate surface area is 163 Å². The van der Waals surface area contributed by atoms with Gasteiger partial charge in [-0.3, -0.25) is 4.99 Å². The highest BCUT2D eigenvalue weighted by Gasteiger charge is 2.25. The fourth-order valence-corrected chi connectivity index (χ4v) is 3.54. The van der Waals surface area contributed by atoms with E-state index in [0.29, 0.717) is 23.0 Å². The average molecular weight is 381 g/mol. The number of nitrogens with zero attached hydrogens (tertiary/aromatic N) is 4. The lowest BCUT2D eigenvalue weighted by atomic mass is 10.0. The van der Waals surface area contributed by atoms with Crippen LogP contribution in [0.25, 0.3) is 0 Å². The van der Waals surface area contributed by atoms with Gasteiger partial charge in [-0.1, -0.05) is 25.4 Å². The second-order valence-electron chi connectivity index (χ2n) is 7.58.